The van der Waals surface area contributed by atoms with Gasteiger partial charge in [0, 0.05) is 14.1 Å². The van der Waals surface area contributed by atoms with Gasteiger partial charge < -0.3 is 4.90 Å². The second-order valence-corrected chi connectivity index (χ2v) is 4.72. The molecule has 0 atom stereocenters. The Morgan fingerprint density at radius 2 is 2.29 bits per heavy atom. The predicted octanol–water partition coefficient (Wildman–Crippen LogP) is 0.621. The van der Waals surface area contributed by atoms with Crippen LogP contribution in [0.5, 0.6) is 0 Å². The van der Waals surface area contributed by atoms with Gasteiger partial charge in [-0.25, -0.2) is 5.10 Å². The van der Waals surface area contributed by atoms with Gasteiger partial charge in [0.2, 0.25) is 10.7 Å². The van der Waals surface area contributed by atoms with Gasteiger partial charge in [0.25, 0.3) is 0 Å². The molecule has 2 heterocycles. The van der Waals surface area contributed by atoms with Crippen molar-refractivity contribution in [2.75, 3.05) is 19.0 Å². The van der Waals surface area contributed by atoms with Crippen molar-refractivity contribution in [2.45, 2.75) is 0 Å². The lowest BCUT2D eigenvalue weighted by molar-refractivity contribution is 1.05. The molecule has 0 bridgehead atoms. The standard InChI is InChI=1S/C6H8N6S2/c1-12(2)6-10-5(13-14-6)9-4-7-3-8-11-4/h3H,1-2H3,(H,7,8,11)/b9-5+. The van der Waals surface area contributed by atoms with E-state index in [2.05, 4.69) is 25.2 Å². The van der Waals surface area contributed by atoms with Crippen LogP contribution < -0.4 is 9.70 Å². The van der Waals surface area contributed by atoms with Crippen molar-refractivity contribution < 1.29 is 0 Å². The minimum atomic E-state index is 0.483. The minimum absolute atomic E-state index is 0.483. The van der Waals surface area contributed by atoms with E-state index < -0.39 is 0 Å². The monoisotopic (exact) mass is 228 g/mol. The Morgan fingerprint density at radius 3 is 2.86 bits per heavy atom. The van der Waals surface area contributed by atoms with Crippen molar-refractivity contribution in [3.63, 3.8) is 0 Å². The van der Waals surface area contributed by atoms with E-state index in [-0.39, 0.29) is 0 Å². The van der Waals surface area contributed by atoms with Gasteiger partial charge in [-0.15, -0.1) is 0 Å². The molecule has 0 unspecified atom stereocenters. The highest BCUT2D eigenvalue weighted by Gasteiger charge is 2.00. The minimum Gasteiger partial charge on any atom is -0.353 e. The summed E-state index contributed by atoms with van der Waals surface area (Å²) in [6.45, 7) is 0. The summed E-state index contributed by atoms with van der Waals surface area (Å²) >= 11 is 0. The van der Waals surface area contributed by atoms with Gasteiger partial charge in [0.1, 0.15) is 6.33 Å². The molecule has 0 aliphatic heterocycles. The van der Waals surface area contributed by atoms with E-state index in [1.807, 2.05) is 19.0 Å². The maximum atomic E-state index is 4.29. The normalized spacial score (nSPS) is 12.0. The van der Waals surface area contributed by atoms with E-state index in [1.54, 1.807) is 10.3 Å². The Bertz CT molecular complexity index is 453. The molecule has 0 fully saturated rings. The van der Waals surface area contributed by atoms with Crippen LogP contribution in [0.3, 0.4) is 0 Å². The number of aromatic amines is 1. The summed E-state index contributed by atoms with van der Waals surface area (Å²) in [7, 11) is 6.99. The number of nitrogens with one attached hydrogen (secondary N) is 1. The highest BCUT2D eigenvalue weighted by atomic mass is 32.9. The van der Waals surface area contributed by atoms with Crippen molar-refractivity contribution in [1.29, 1.82) is 0 Å². The number of aromatic nitrogens is 4. The van der Waals surface area contributed by atoms with Crippen molar-refractivity contribution in [1.82, 2.24) is 20.2 Å². The van der Waals surface area contributed by atoms with Crippen LogP contribution in [-0.4, -0.2) is 34.3 Å². The average molecular weight is 228 g/mol. The average Bonchev–Trinajstić information content (AvgIpc) is 2.75. The van der Waals surface area contributed by atoms with E-state index in [9.17, 15) is 0 Å². The first-order valence-corrected chi connectivity index (χ1v) is 5.95. The summed E-state index contributed by atoms with van der Waals surface area (Å²) in [5.74, 6) is 0.483. The molecule has 0 aliphatic rings. The van der Waals surface area contributed by atoms with Crippen molar-refractivity contribution >= 4 is 31.8 Å². The molecule has 2 rings (SSSR count). The topological polar surface area (TPSA) is 70.1 Å². The largest absolute Gasteiger partial charge is 0.353 e. The third-order valence-electron chi connectivity index (χ3n) is 1.37. The molecule has 0 saturated carbocycles. The molecule has 0 amide bonds. The zero-order valence-corrected chi connectivity index (χ0v) is 9.26. The van der Waals surface area contributed by atoms with Gasteiger partial charge >= 0.3 is 0 Å². The first kappa shape index (κ1) is 9.28. The number of hydrogen-bond donors (Lipinski definition) is 1. The third-order valence-corrected chi connectivity index (χ3v) is 3.53. The lowest BCUT2D eigenvalue weighted by Gasteiger charge is -2.03. The Balaban J connectivity index is 2.33. The Morgan fingerprint density at radius 1 is 1.43 bits per heavy atom. The fourth-order valence-electron chi connectivity index (χ4n) is 0.755. The van der Waals surface area contributed by atoms with Gasteiger partial charge in [-0.05, 0) is 20.7 Å². The second kappa shape index (κ2) is 3.84. The van der Waals surface area contributed by atoms with E-state index >= 15 is 0 Å². The van der Waals surface area contributed by atoms with E-state index in [0.717, 1.165) is 5.13 Å². The Labute approximate surface area is 87.4 Å². The van der Waals surface area contributed by atoms with Gasteiger partial charge in [0.15, 0.2) is 5.13 Å². The summed E-state index contributed by atoms with van der Waals surface area (Å²) < 4.78 is 0. The molecule has 0 spiro atoms. The third kappa shape index (κ3) is 1.96. The van der Waals surface area contributed by atoms with Gasteiger partial charge in [-0.3, -0.25) is 0 Å². The van der Waals surface area contributed by atoms with Crippen LogP contribution in [0, 0.1) is 0 Å². The SMILES string of the molecule is CN(C)c1n/c(=N\c2ncn[nH]2)ss1. The number of anilines is 1. The molecular weight excluding hydrogens is 220 g/mol. The zero-order valence-electron chi connectivity index (χ0n) is 7.63. The fraction of sp³-hybridized carbons (Fsp3) is 0.333. The molecule has 2 aromatic rings. The molecule has 74 valence electrons. The first-order chi connectivity index (χ1) is 6.75. The maximum Gasteiger partial charge on any atom is 0.247 e. The maximum absolute atomic E-state index is 4.29. The van der Waals surface area contributed by atoms with Crippen LogP contribution in [0.15, 0.2) is 11.3 Å². The summed E-state index contributed by atoms with van der Waals surface area (Å²) in [5, 5.41) is 7.29. The van der Waals surface area contributed by atoms with Crippen molar-refractivity contribution in [3.05, 3.63) is 11.1 Å². The highest BCUT2D eigenvalue weighted by Crippen LogP contribution is 2.15. The van der Waals surface area contributed by atoms with Gasteiger partial charge in [0.05, 0.1) is 0 Å². The molecule has 2 aromatic heterocycles. The fourth-order valence-corrected chi connectivity index (χ4v) is 2.71. The predicted molar refractivity (Wildman–Crippen MR) is 55.9 cm³/mol. The van der Waals surface area contributed by atoms with Crippen LogP contribution in [-0.2, 0) is 0 Å². The number of H-pyrrole nitrogens is 1. The Kier molecular flexibility index (Phi) is 2.55. The molecule has 1 N–H and O–H groups in total. The highest BCUT2D eigenvalue weighted by molar-refractivity contribution is 7.69. The number of hydrogen-bond acceptors (Lipinski definition) is 7. The second-order valence-electron chi connectivity index (χ2n) is 2.66. The molecule has 8 heteroatoms. The summed E-state index contributed by atoms with van der Waals surface area (Å²) in [4.78, 5) is 15.0. The summed E-state index contributed by atoms with van der Waals surface area (Å²) in [6, 6.07) is 0. The van der Waals surface area contributed by atoms with E-state index in [0.29, 0.717) is 10.7 Å². The van der Waals surface area contributed by atoms with Crippen LogP contribution >= 0.6 is 20.7 Å². The number of nitrogens with zero attached hydrogens (tertiary/aromatic N) is 5. The smallest absolute Gasteiger partial charge is 0.247 e. The number of rotatable bonds is 2. The summed E-state index contributed by atoms with van der Waals surface area (Å²) in [6.07, 6.45) is 1.42. The molecule has 0 aromatic carbocycles. The van der Waals surface area contributed by atoms with Crippen molar-refractivity contribution in [3.8, 4) is 0 Å². The van der Waals surface area contributed by atoms with Crippen LogP contribution in [0.2, 0.25) is 0 Å². The lowest BCUT2D eigenvalue weighted by atomic mass is 10.9. The van der Waals surface area contributed by atoms with Gasteiger partial charge in [-0.2, -0.15) is 20.1 Å². The molecule has 6 nitrogen and oxygen atoms in total. The molecule has 0 radical (unpaired) electrons. The Hall–Kier alpha value is -1.28. The van der Waals surface area contributed by atoms with E-state index in [1.165, 1.54) is 16.7 Å². The van der Waals surface area contributed by atoms with Gasteiger partial charge in [-0.1, -0.05) is 0 Å². The molecular formula is C6H8N6S2. The summed E-state index contributed by atoms with van der Waals surface area (Å²) in [5.41, 5.74) is 0. The first-order valence-electron chi connectivity index (χ1n) is 3.80. The quantitative estimate of drug-likeness (QED) is 0.765. The molecule has 0 aliphatic carbocycles. The van der Waals surface area contributed by atoms with Crippen LogP contribution in [0.1, 0.15) is 0 Å². The zero-order chi connectivity index (χ0) is 9.97. The van der Waals surface area contributed by atoms with Crippen molar-refractivity contribution in [2.24, 2.45) is 4.99 Å². The molecule has 14 heavy (non-hydrogen) atoms. The van der Waals surface area contributed by atoms with Crippen LogP contribution in [0.4, 0.5) is 11.1 Å². The van der Waals surface area contributed by atoms with E-state index in [4.69, 9.17) is 0 Å². The molecule has 0 saturated heterocycles. The van der Waals surface area contributed by atoms with Crippen LogP contribution in [0.25, 0.3) is 0 Å². The lowest BCUT2D eigenvalue weighted by Crippen LogP contribution is -2.10.